The van der Waals surface area contributed by atoms with Crippen molar-refractivity contribution in [3.05, 3.63) is 65.6 Å². The lowest BCUT2D eigenvalue weighted by atomic mass is 9.93. The van der Waals surface area contributed by atoms with E-state index >= 15 is 0 Å². The average Bonchev–Trinajstić information content (AvgIpc) is 2.97. The van der Waals surface area contributed by atoms with Crippen LogP contribution in [0.3, 0.4) is 0 Å². The average molecular weight is 348 g/mol. The van der Waals surface area contributed by atoms with Gasteiger partial charge in [0.25, 0.3) is 0 Å². The van der Waals surface area contributed by atoms with Gasteiger partial charge in [-0.3, -0.25) is 4.98 Å². The van der Waals surface area contributed by atoms with Gasteiger partial charge in [0.1, 0.15) is 0 Å². The minimum absolute atomic E-state index is 0.432. The van der Waals surface area contributed by atoms with Crippen LogP contribution in [0.15, 0.2) is 43.1 Å². The summed E-state index contributed by atoms with van der Waals surface area (Å²) in [4.78, 5) is 8.19. The topological polar surface area (TPSA) is 40.7 Å². The minimum Gasteiger partial charge on any atom is -0.391 e. The van der Waals surface area contributed by atoms with Crippen molar-refractivity contribution in [1.82, 2.24) is 15.3 Å². The van der Waals surface area contributed by atoms with E-state index in [0.29, 0.717) is 11.8 Å². The largest absolute Gasteiger partial charge is 0.391 e. The van der Waals surface area contributed by atoms with Crippen molar-refractivity contribution >= 4 is 10.9 Å². The zero-order chi connectivity index (χ0) is 18.8. The minimum atomic E-state index is 0.432. The van der Waals surface area contributed by atoms with Crippen molar-refractivity contribution in [3.8, 4) is 11.3 Å². The predicted molar refractivity (Wildman–Crippen MR) is 112 cm³/mol. The fraction of sp³-hybridized carbons (Fsp3) is 0.348. The highest BCUT2D eigenvalue weighted by atomic mass is 14.8. The normalized spacial score (nSPS) is 12.5. The SMILES string of the molecule is C=CNCC(C)c1ccc2[nH]c(-c3cc(C)nc(C)c3)c(C(C)C)c2c1. The number of aryl methyl sites for hydroxylation is 2. The first-order valence-corrected chi connectivity index (χ1v) is 9.36. The lowest BCUT2D eigenvalue weighted by Gasteiger charge is -2.13. The first-order valence-electron chi connectivity index (χ1n) is 9.36. The van der Waals surface area contributed by atoms with Crippen molar-refractivity contribution in [1.29, 1.82) is 0 Å². The molecule has 3 rings (SSSR count). The van der Waals surface area contributed by atoms with E-state index in [2.05, 4.69) is 86.8 Å². The molecule has 2 aromatic heterocycles. The molecule has 1 aromatic carbocycles. The van der Waals surface area contributed by atoms with Gasteiger partial charge in [-0.05, 0) is 67.3 Å². The van der Waals surface area contributed by atoms with Gasteiger partial charge < -0.3 is 10.3 Å². The maximum absolute atomic E-state index is 4.53. The summed E-state index contributed by atoms with van der Waals surface area (Å²) in [6.07, 6.45) is 1.76. The molecule has 0 fully saturated rings. The Balaban J connectivity index is 2.15. The summed E-state index contributed by atoms with van der Waals surface area (Å²) >= 11 is 0. The molecular weight excluding hydrogens is 318 g/mol. The van der Waals surface area contributed by atoms with Crippen LogP contribution in [0.1, 0.15) is 55.1 Å². The molecule has 26 heavy (non-hydrogen) atoms. The van der Waals surface area contributed by atoms with Crippen molar-refractivity contribution in [2.45, 2.75) is 46.5 Å². The molecule has 0 bridgehead atoms. The number of hydrogen-bond donors (Lipinski definition) is 2. The Labute approximate surface area is 156 Å². The van der Waals surface area contributed by atoms with Gasteiger partial charge in [0.2, 0.25) is 0 Å². The van der Waals surface area contributed by atoms with Gasteiger partial charge in [0, 0.05) is 34.4 Å². The van der Waals surface area contributed by atoms with Gasteiger partial charge in [-0.15, -0.1) is 0 Å². The van der Waals surface area contributed by atoms with E-state index in [-0.39, 0.29) is 0 Å². The Morgan fingerprint density at radius 3 is 2.42 bits per heavy atom. The van der Waals surface area contributed by atoms with Crippen molar-refractivity contribution in [2.24, 2.45) is 0 Å². The fourth-order valence-corrected chi connectivity index (χ4v) is 3.72. The second kappa shape index (κ2) is 7.36. The molecule has 136 valence electrons. The third kappa shape index (κ3) is 3.52. The highest BCUT2D eigenvalue weighted by Gasteiger charge is 2.18. The maximum atomic E-state index is 4.53. The lowest BCUT2D eigenvalue weighted by Crippen LogP contribution is -2.13. The Kier molecular flexibility index (Phi) is 5.17. The molecule has 0 radical (unpaired) electrons. The van der Waals surface area contributed by atoms with E-state index in [1.54, 1.807) is 6.20 Å². The van der Waals surface area contributed by atoms with Gasteiger partial charge in [-0.1, -0.05) is 33.4 Å². The van der Waals surface area contributed by atoms with Crippen LogP contribution in [-0.4, -0.2) is 16.5 Å². The number of benzene rings is 1. The zero-order valence-electron chi connectivity index (χ0n) is 16.5. The summed E-state index contributed by atoms with van der Waals surface area (Å²) in [5.41, 5.74) is 8.48. The summed E-state index contributed by atoms with van der Waals surface area (Å²) < 4.78 is 0. The molecule has 1 atom stereocenters. The lowest BCUT2D eigenvalue weighted by molar-refractivity contribution is 0.702. The zero-order valence-corrected chi connectivity index (χ0v) is 16.5. The molecule has 2 N–H and O–H groups in total. The number of rotatable bonds is 6. The van der Waals surface area contributed by atoms with Crippen LogP contribution in [0, 0.1) is 13.8 Å². The van der Waals surface area contributed by atoms with Crippen LogP contribution in [0.25, 0.3) is 22.2 Å². The summed E-state index contributed by atoms with van der Waals surface area (Å²) in [6.45, 7) is 15.5. The van der Waals surface area contributed by atoms with E-state index in [0.717, 1.165) is 17.9 Å². The fourth-order valence-electron chi connectivity index (χ4n) is 3.72. The third-order valence-corrected chi connectivity index (χ3v) is 4.95. The van der Waals surface area contributed by atoms with Crippen LogP contribution in [0.4, 0.5) is 0 Å². The van der Waals surface area contributed by atoms with Gasteiger partial charge in [0.15, 0.2) is 0 Å². The summed E-state index contributed by atoms with van der Waals surface area (Å²) in [7, 11) is 0. The summed E-state index contributed by atoms with van der Waals surface area (Å²) in [5.74, 6) is 0.866. The van der Waals surface area contributed by atoms with Crippen LogP contribution in [0.5, 0.6) is 0 Å². The van der Waals surface area contributed by atoms with Crippen LogP contribution >= 0.6 is 0 Å². The van der Waals surface area contributed by atoms with Crippen molar-refractivity contribution in [2.75, 3.05) is 6.54 Å². The van der Waals surface area contributed by atoms with Crippen LogP contribution in [-0.2, 0) is 0 Å². The molecule has 0 aliphatic rings. The Morgan fingerprint density at radius 1 is 1.12 bits per heavy atom. The Hall–Kier alpha value is -2.55. The molecule has 0 amide bonds. The Bertz CT molecular complexity index is 914. The van der Waals surface area contributed by atoms with Crippen molar-refractivity contribution in [3.63, 3.8) is 0 Å². The first-order chi connectivity index (χ1) is 12.4. The molecular formula is C23H29N3. The molecule has 1 unspecified atom stereocenters. The number of nitrogens with one attached hydrogen (secondary N) is 2. The molecule has 0 aliphatic heterocycles. The van der Waals surface area contributed by atoms with E-state index in [4.69, 9.17) is 0 Å². The van der Waals surface area contributed by atoms with Gasteiger partial charge in [-0.2, -0.15) is 0 Å². The summed E-state index contributed by atoms with van der Waals surface area (Å²) in [5, 5.41) is 4.55. The molecule has 0 aliphatic carbocycles. The number of pyridine rings is 1. The molecule has 2 heterocycles. The monoisotopic (exact) mass is 347 g/mol. The molecule has 0 spiro atoms. The second-order valence-corrected chi connectivity index (χ2v) is 7.53. The Morgan fingerprint density at radius 2 is 1.81 bits per heavy atom. The molecule has 0 saturated heterocycles. The predicted octanol–water partition coefficient (Wildman–Crippen LogP) is 5.81. The van der Waals surface area contributed by atoms with Gasteiger partial charge in [-0.25, -0.2) is 0 Å². The van der Waals surface area contributed by atoms with E-state index < -0.39 is 0 Å². The number of fused-ring (bicyclic) bond motifs is 1. The first kappa shape index (κ1) is 18.2. The number of aromatic nitrogens is 2. The number of H-pyrrole nitrogens is 1. The maximum Gasteiger partial charge on any atom is 0.0501 e. The summed E-state index contributed by atoms with van der Waals surface area (Å²) in [6, 6.07) is 11.1. The van der Waals surface area contributed by atoms with Crippen LogP contribution < -0.4 is 5.32 Å². The second-order valence-electron chi connectivity index (χ2n) is 7.53. The van der Waals surface area contributed by atoms with E-state index in [1.807, 2.05) is 0 Å². The standard InChI is InChI=1S/C23H29N3/c1-7-24-13-15(4)18-8-9-21-20(12-18)22(14(2)3)23(26-21)19-10-16(5)25-17(6)11-19/h7-12,14-15,24,26H,1,13H2,2-6H3. The smallest absolute Gasteiger partial charge is 0.0501 e. The number of hydrogen-bond acceptors (Lipinski definition) is 2. The third-order valence-electron chi connectivity index (χ3n) is 4.95. The highest BCUT2D eigenvalue weighted by molar-refractivity contribution is 5.92. The van der Waals surface area contributed by atoms with Crippen molar-refractivity contribution < 1.29 is 0 Å². The molecule has 3 heteroatoms. The van der Waals surface area contributed by atoms with Crippen LogP contribution in [0.2, 0.25) is 0 Å². The molecule has 3 nitrogen and oxygen atoms in total. The van der Waals surface area contributed by atoms with E-state index in [9.17, 15) is 0 Å². The van der Waals surface area contributed by atoms with Gasteiger partial charge in [0.05, 0.1) is 5.69 Å². The number of aromatic amines is 1. The van der Waals surface area contributed by atoms with E-state index in [1.165, 1.54) is 33.3 Å². The quantitative estimate of drug-likeness (QED) is 0.591. The molecule has 3 aromatic rings. The number of nitrogens with zero attached hydrogens (tertiary/aromatic N) is 1. The molecule has 0 saturated carbocycles. The van der Waals surface area contributed by atoms with Gasteiger partial charge >= 0.3 is 0 Å². The highest BCUT2D eigenvalue weighted by Crippen LogP contribution is 2.37.